The van der Waals surface area contributed by atoms with E-state index in [2.05, 4.69) is 139 Å². The van der Waals surface area contributed by atoms with Gasteiger partial charge in [-0.3, -0.25) is 0 Å². The first-order valence-corrected chi connectivity index (χ1v) is 20.1. The number of ether oxygens (including phenoxy) is 4. The fourth-order valence-corrected chi connectivity index (χ4v) is 8.09. The van der Waals surface area contributed by atoms with Gasteiger partial charge in [0.15, 0.2) is 0 Å². The van der Waals surface area contributed by atoms with E-state index in [0.717, 1.165) is 98.3 Å². The molecule has 2 N–H and O–H groups in total. The highest BCUT2D eigenvalue weighted by molar-refractivity contribution is 9.10. The van der Waals surface area contributed by atoms with E-state index in [1.807, 2.05) is 36.4 Å². The van der Waals surface area contributed by atoms with Gasteiger partial charge in [-0.2, -0.15) is 0 Å². The third kappa shape index (κ3) is 6.99. The predicted octanol–water partition coefficient (Wildman–Crippen LogP) is 12.9. The molecule has 9 rings (SSSR count). The van der Waals surface area contributed by atoms with Crippen LogP contribution in [0.15, 0.2) is 118 Å². The molecule has 10 heteroatoms. The minimum atomic E-state index is 0.663. The lowest BCUT2D eigenvalue weighted by atomic mass is 10.0. The number of benzene rings is 4. The number of methoxy groups -OCH3 is 4. The smallest absolute Gasteiger partial charge is 0.123 e. The largest absolute Gasteiger partial charge is 0.497 e. The van der Waals surface area contributed by atoms with Crippen LogP contribution in [-0.2, 0) is 0 Å². The van der Waals surface area contributed by atoms with Crippen molar-refractivity contribution < 1.29 is 18.9 Å². The van der Waals surface area contributed by atoms with Gasteiger partial charge in [0.05, 0.1) is 51.2 Å². The molecule has 0 radical (unpaired) electrons. The van der Waals surface area contributed by atoms with E-state index in [-0.39, 0.29) is 0 Å². The Hall–Kier alpha value is -6.36. The van der Waals surface area contributed by atoms with Gasteiger partial charge < -0.3 is 28.9 Å². The number of fused-ring (bicyclic) bond motifs is 8. The van der Waals surface area contributed by atoms with Gasteiger partial charge in [0.25, 0.3) is 0 Å². The van der Waals surface area contributed by atoms with Gasteiger partial charge in [-0.15, -0.1) is 0 Å². The number of aromatic amines is 2. The van der Waals surface area contributed by atoms with Crippen molar-refractivity contribution in [2.45, 2.75) is 0 Å². The molecule has 5 heterocycles. The van der Waals surface area contributed by atoms with E-state index in [1.54, 1.807) is 28.4 Å². The summed E-state index contributed by atoms with van der Waals surface area (Å²) in [5, 5.41) is 0. The average molecular weight is 893 g/mol. The van der Waals surface area contributed by atoms with Gasteiger partial charge in [-0.1, -0.05) is 56.1 Å². The molecule has 8 nitrogen and oxygen atoms in total. The van der Waals surface area contributed by atoms with Crippen LogP contribution in [0.1, 0.15) is 22.8 Å². The summed E-state index contributed by atoms with van der Waals surface area (Å²) in [6.45, 7) is 0. The van der Waals surface area contributed by atoms with Crippen molar-refractivity contribution in [3.63, 3.8) is 0 Å². The van der Waals surface area contributed by atoms with Crippen LogP contribution in [0.5, 0.6) is 23.0 Å². The lowest BCUT2D eigenvalue weighted by Crippen LogP contribution is -1.92. The maximum Gasteiger partial charge on any atom is 0.123 e. The molecule has 3 aromatic heterocycles. The molecule has 8 bridgehead atoms. The van der Waals surface area contributed by atoms with Crippen molar-refractivity contribution in [1.82, 2.24) is 19.9 Å². The van der Waals surface area contributed by atoms with Crippen LogP contribution in [0.2, 0.25) is 0 Å². The Labute approximate surface area is 352 Å². The lowest BCUT2D eigenvalue weighted by Gasteiger charge is -2.11. The summed E-state index contributed by atoms with van der Waals surface area (Å²) in [6, 6.07) is 36.8. The zero-order valence-corrected chi connectivity index (χ0v) is 35.2. The number of hydrogen-bond acceptors (Lipinski definition) is 6. The van der Waals surface area contributed by atoms with Crippen LogP contribution in [-0.4, -0.2) is 48.4 Å². The van der Waals surface area contributed by atoms with Crippen molar-refractivity contribution in [3.8, 4) is 67.5 Å². The average Bonchev–Trinajstić information content (AvgIpc) is 4.10. The topological polar surface area (TPSA) is 94.3 Å². The third-order valence-electron chi connectivity index (χ3n) is 10.3. The third-order valence-corrected chi connectivity index (χ3v) is 11.4. The Kier molecular flexibility index (Phi) is 9.97. The first-order valence-electron chi connectivity index (χ1n) is 18.5. The number of rotatable bonds is 8. The summed E-state index contributed by atoms with van der Waals surface area (Å²) < 4.78 is 25.0. The lowest BCUT2D eigenvalue weighted by molar-refractivity contribution is 0.394. The Morgan fingerprint density at radius 2 is 0.638 bits per heavy atom. The molecule has 286 valence electrons. The molecule has 0 amide bonds. The van der Waals surface area contributed by atoms with Crippen LogP contribution >= 0.6 is 31.9 Å². The number of nitrogens with zero attached hydrogens (tertiary/aromatic N) is 2. The molecule has 0 atom stereocenters. The molecule has 0 spiro atoms. The fraction of sp³-hybridized carbons (Fsp3) is 0.0833. The molecule has 0 unspecified atom stereocenters. The molecule has 2 aliphatic heterocycles. The van der Waals surface area contributed by atoms with Gasteiger partial charge >= 0.3 is 0 Å². The monoisotopic (exact) mass is 890 g/mol. The molecule has 0 saturated heterocycles. The van der Waals surface area contributed by atoms with Crippen molar-refractivity contribution in [2.24, 2.45) is 0 Å². The van der Waals surface area contributed by atoms with Crippen molar-refractivity contribution in [1.29, 1.82) is 0 Å². The summed E-state index contributed by atoms with van der Waals surface area (Å²) in [5.74, 6) is 2.65. The highest BCUT2D eigenvalue weighted by Crippen LogP contribution is 2.41. The zero-order valence-electron chi connectivity index (χ0n) is 32.0. The molecule has 0 fully saturated rings. The summed E-state index contributed by atoms with van der Waals surface area (Å²) in [5.41, 5.74) is 14.1. The zero-order chi connectivity index (χ0) is 39.9. The van der Waals surface area contributed by atoms with E-state index < -0.39 is 0 Å². The number of hydrogen-bond donors (Lipinski definition) is 2. The van der Waals surface area contributed by atoms with Gasteiger partial charge in [0.2, 0.25) is 0 Å². The van der Waals surface area contributed by atoms with E-state index in [4.69, 9.17) is 28.9 Å². The molecular formula is C48H36Br2N4O4. The van der Waals surface area contributed by atoms with E-state index >= 15 is 0 Å². The molecule has 0 saturated carbocycles. The van der Waals surface area contributed by atoms with Crippen LogP contribution in [0, 0.1) is 0 Å². The van der Waals surface area contributed by atoms with E-state index in [0.29, 0.717) is 23.0 Å². The van der Waals surface area contributed by atoms with Crippen molar-refractivity contribution >= 4 is 78.2 Å². The second kappa shape index (κ2) is 15.5. The SMILES string of the molecule is COc1cc(OC)cc(-c2c3nc(c(-c4cc(OC)cc(OC)c4)c4ccc([nH]4)c(-c4ccc(Br)cc4)c4nc(c(-c5ccc(Br)cc5)c5ccc2[nH]5)C=C4)C=C3)c1. The quantitative estimate of drug-likeness (QED) is 0.158. The fourth-order valence-electron chi connectivity index (χ4n) is 7.56. The van der Waals surface area contributed by atoms with Crippen LogP contribution in [0.25, 0.3) is 90.9 Å². The highest BCUT2D eigenvalue weighted by Gasteiger charge is 2.20. The number of H-pyrrole nitrogens is 2. The molecular weight excluding hydrogens is 856 g/mol. The van der Waals surface area contributed by atoms with Gasteiger partial charge in [-0.05, 0) is 119 Å². The second-order valence-corrected chi connectivity index (χ2v) is 15.6. The standard InChI is InChI=1S/C48H36Br2N4O4/c1-55-33-21-29(22-34(25-33)56-2)47-41-17-15-39(52-41)45(27-5-9-31(49)10-6-27)37-13-14-38(51-37)46(28-7-11-32(50)12-8-28)40-16-18-42(53-40)48(44-20-19-43(47)54-44)30-23-35(57-3)26-36(24-30)58-4/h5-26,52-53H,1-4H3. The maximum absolute atomic E-state index is 5.76. The Morgan fingerprint density at radius 1 is 0.362 bits per heavy atom. The number of aromatic nitrogens is 4. The van der Waals surface area contributed by atoms with Gasteiger partial charge in [0, 0.05) is 65.4 Å². The van der Waals surface area contributed by atoms with E-state index in [1.165, 1.54) is 0 Å². The molecule has 0 aliphatic carbocycles. The minimum Gasteiger partial charge on any atom is -0.497 e. The van der Waals surface area contributed by atoms with Crippen LogP contribution in [0.4, 0.5) is 0 Å². The number of nitrogens with one attached hydrogen (secondary N) is 2. The molecule has 7 aromatic rings. The number of halogens is 2. The maximum atomic E-state index is 5.76. The minimum absolute atomic E-state index is 0.663. The predicted molar refractivity (Wildman–Crippen MR) is 242 cm³/mol. The van der Waals surface area contributed by atoms with Gasteiger partial charge in [0.1, 0.15) is 23.0 Å². The Bertz CT molecular complexity index is 2730. The van der Waals surface area contributed by atoms with Crippen LogP contribution < -0.4 is 18.9 Å². The molecule has 2 aliphatic rings. The Morgan fingerprint density at radius 3 is 0.914 bits per heavy atom. The van der Waals surface area contributed by atoms with E-state index in [9.17, 15) is 0 Å². The first kappa shape index (κ1) is 37.2. The second-order valence-electron chi connectivity index (χ2n) is 13.7. The Balaban J connectivity index is 1.48. The van der Waals surface area contributed by atoms with Crippen molar-refractivity contribution in [2.75, 3.05) is 28.4 Å². The summed E-state index contributed by atoms with van der Waals surface area (Å²) in [7, 11) is 6.62. The normalized spacial score (nSPS) is 11.8. The summed E-state index contributed by atoms with van der Waals surface area (Å²) >= 11 is 7.27. The first-order chi connectivity index (χ1) is 28.3. The van der Waals surface area contributed by atoms with Crippen LogP contribution in [0.3, 0.4) is 0 Å². The summed E-state index contributed by atoms with van der Waals surface area (Å²) in [6.07, 6.45) is 8.30. The summed E-state index contributed by atoms with van der Waals surface area (Å²) in [4.78, 5) is 18.4. The highest BCUT2D eigenvalue weighted by atomic mass is 79.9. The molecule has 4 aromatic carbocycles. The molecule has 58 heavy (non-hydrogen) atoms. The van der Waals surface area contributed by atoms with Gasteiger partial charge in [-0.25, -0.2) is 9.97 Å². The van der Waals surface area contributed by atoms with Crippen molar-refractivity contribution in [3.05, 3.63) is 141 Å².